The monoisotopic (exact) mass is 655 g/mol. The Morgan fingerprint density at radius 3 is 1.90 bits per heavy atom. The van der Waals surface area contributed by atoms with Crippen LogP contribution in [-0.4, -0.2) is 0 Å². The SMILES string of the molecule is Cc1cccc2oc3c(cc(N(c4ccc5ccccc5c4)c4ccc5sc6ccccc6c5c4)c4c5ccccc5c5ccccc5c34)c12. The van der Waals surface area contributed by atoms with Crippen molar-refractivity contribution in [3.05, 3.63) is 163 Å². The molecule has 0 unspecified atom stereocenters. The maximum Gasteiger partial charge on any atom is 0.144 e. The van der Waals surface area contributed by atoms with E-state index in [-0.39, 0.29) is 0 Å². The third-order valence-electron chi connectivity index (χ3n) is 10.5. The lowest BCUT2D eigenvalue weighted by atomic mass is 9.91. The lowest BCUT2D eigenvalue weighted by molar-refractivity contribution is 0.673. The van der Waals surface area contributed by atoms with E-state index < -0.39 is 0 Å². The van der Waals surface area contributed by atoms with Gasteiger partial charge in [-0.05, 0) is 93.3 Å². The molecular weight excluding hydrogens is 627 g/mol. The van der Waals surface area contributed by atoms with Gasteiger partial charge in [0.05, 0.1) is 5.69 Å². The quantitative estimate of drug-likeness (QED) is 0.176. The van der Waals surface area contributed by atoms with Crippen LogP contribution in [0.2, 0.25) is 0 Å². The van der Waals surface area contributed by atoms with E-state index in [1.165, 1.54) is 68.8 Å². The van der Waals surface area contributed by atoms with Crippen LogP contribution in [0.5, 0.6) is 0 Å². The number of benzene rings is 9. The molecular formula is C47H29NOS. The van der Waals surface area contributed by atoms with E-state index in [0.29, 0.717) is 0 Å². The normalized spacial score (nSPS) is 12.1. The first kappa shape index (κ1) is 27.8. The Kier molecular flexibility index (Phi) is 5.78. The fraction of sp³-hybridized carbons (Fsp3) is 0.0213. The van der Waals surface area contributed by atoms with Crippen LogP contribution in [0.3, 0.4) is 0 Å². The number of anilines is 3. The van der Waals surface area contributed by atoms with E-state index in [0.717, 1.165) is 39.0 Å². The summed E-state index contributed by atoms with van der Waals surface area (Å²) in [5.74, 6) is 0. The van der Waals surface area contributed by atoms with E-state index in [1.54, 1.807) is 0 Å². The number of aryl methyl sites for hydroxylation is 1. The lowest BCUT2D eigenvalue weighted by Crippen LogP contribution is -2.11. The Morgan fingerprint density at radius 2 is 1.08 bits per heavy atom. The van der Waals surface area contributed by atoms with Crippen LogP contribution in [0.25, 0.3) is 85.2 Å². The van der Waals surface area contributed by atoms with Gasteiger partial charge in [-0.2, -0.15) is 0 Å². The highest BCUT2D eigenvalue weighted by Gasteiger charge is 2.25. The first-order valence-corrected chi connectivity index (χ1v) is 17.9. The third-order valence-corrected chi connectivity index (χ3v) is 11.7. The molecule has 0 aliphatic heterocycles. The van der Waals surface area contributed by atoms with Crippen molar-refractivity contribution < 1.29 is 4.42 Å². The number of thiophene rings is 1. The molecule has 11 aromatic rings. The fourth-order valence-electron chi connectivity index (χ4n) is 8.30. The summed E-state index contributed by atoms with van der Waals surface area (Å²) in [5.41, 5.74) is 6.44. The minimum atomic E-state index is 0.916. The summed E-state index contributed by atoms with van der Waals surface area (Å²) in [7, 11) is 0. The topological polar surface area (TPSA) is 16.4 Å². The average molecular weight is 656 g/mol. The number of rotatable bonds is 3. The molecule has 3 heteroatoms. The zero-order chi connectivity index (χ0) is 32.9. The summed E-state index contributed by atoms with van der Waals surface area (Å²) in [6.07, 6.45) is 0. The first-order chi connectivity index (χ1) is 24.7. The van der Waals surface area contributed by atoms with Gasteiger partial charge in [0.25, 0.3) is 0 Å². The minimum Gasteiger partial charge on any atom is -0.455 e. The summed E-state index contributed by atoms with van der Waals surface area (Å²) in [5, 5.41) is 14.5. The summed E-state index contributed by atoms with van der Waals surface area (Å²) >= 11 is 1.86. The van der Waals surface area contributed by atoms with Crippen LogP contribution in [0.15, 0.2) is 162 Å². The third kappa shape index (κ3) is 3.90. The molecule has 0 spiro atoms. The van der Waals surface area contributed by atoms with Crippen LogP contribution < -0.4 is 4.90 Å². The number of furan rings is 1. The molecule has 0 saturated carbocycles. The molecule has 2 heterocycles. The second-order valence-electron chi connectivity index (χ2n) is 13.3. The van der Waals surface area contributed by atoms with E-state index in [1.807, 2.05) is 11.3 Å². The van der Waals surface area contributed by atoms with Crippen molar-refractivity contribution in [1.29, 1.82) is 0 Å². The van der Waals surface area contributed by atoms with Gasteiger partial charge in [-0.3, -0.25) is 0 Å². The molecule has 0 aliphatic rings. The van der Waals surface area contributed by atoms with Crippen molar-refractivity contribution >= 4 is 114 Å². The van der Waals surface area contributed by atoms with Crippen molar-refractivity contribution in [1.82, 2.24) is 0 Å². The minimum absolute atomic E-state index is 0.916. The standard InChI is InChI=1S/C47H29NOS/c1-28-11-10-19-41-44(28)39-27-40(45-36-17-6-4-14-33(36)34-15-5-7-18-37(34)46(45)47(39)49-41)48(31-22-21-29-12-2-3-13-30(29)25-31)32-23-24-43-38(26-32)35-16-8-9-20-42(35)50-43/h2-27H,1H3. The Hall–Kier alpha value is -6.16. The van der Waals surface area contributed by atoms with Crippen molar-refractivity contribution in [2.45, 2.75) is 6.92 Å². The smallest absolute Gasteiger partial charge is 0.144 e. The van der Waals surface area contributed by atoms with E-state index in [2.05, 4.69) is 170 Å². The largest absolute Gasteiger partial charge is 0.455 e. The molecule has 0 aliphatic carbocycles. The molecule has 0 bridgehead atoms. The molecule has 2 nitrogen and oxygen atoms in total. The molecule has 50 heavy (non-hydrogen) atoms. The number of hydrogen-bond donors (Lipinski definition) is 0. The number of fused-ring (bicyclic) bond motifs is 14. The lowest BCUT2D eigenvalue weighted by Gasteiger charge is -2.28. The van der Waals surface area contributed by atoms with Crippen LogP contribution in [-0.2, 0) is 0 Å². The van der Waals surface area contributed by atoms with Crippen LogP contribution in [0, 0.1) is 6.92 Å². The van der Waals surface area contributed by atoms with Gasteiger partial charge in [0.2, 0.25) is 0 Å². The van der Waals surface area contributed by atoms with Gasteiger partial charge >= 0.3 is 0 Å². The van der Waals surface area contributed by atoms with Crippen molar-refractivity contribution in [2.24, 2.45) is 0 Å². The van der Waals surface area contributed by atoms with Crippen molar-refractivity contribution in [3.63, 3.8) is 0 Å². The van der Waals surface area contributed by atoms with Gasteiger partial charge < -0.3 is 9.32 Å². The molecule has 0 radical (unpaired) electrons. The Balaban J connectivity index is 1.36. The maximum atomic E-state index is 6.89. The van der Waals surface area contributed by atoms with Gasteiger partial charge in [0.15, 0.2) is 0 Å². The zero-order valence-electron chi connectivity index (χ0n) is 27.3. The van der Waals surface area contributed by atoms with E-state index in [9.17, 15) is 0 Å². The predicted molar refractivity (Wildman–Crippen MR) is 216 cm³/mol. The average Bonchev–Trinajstić information content (AvgIpc) is 3.73. The van der Waals surface area contributed by atoms with Crippen LogP contribution in [0.1, 0.15) is 5.56 Å². The van der Waals surface area contributed by atoms with E-state index >= 15 is 0 Å². The second kappa shape index (κ2) is 10.4. The molecule has 0 N–H and O–H groups in total. The summed E-state index contributed by atoms with van der Waals surface area (Å²) in [6, 6.07) is 57.7. The highest BCUT2D eigenvalue weighted by Crippen LogP contribution is 2.50. The Morgan fingerprint density at radius 1 is 0.440 bits per heavy atom. The van der Waals surface area contributed by atoms with Crippen molar-refractivity contribution in [2.75, 3.05) is 4.90 Å². The zero-order valence-corrected chi connectivity index (χ0v) is 28.1. The van der Waals surface area contributed by atoms with Crippen LogP contribution in [0.4, 0.5) is 17.1 Å². The molecule has 9 aromatic carbocycles. The second-order valence-corrected chi connectivity index (χ2v) is 14.4. The molecule has 0 atom stereocenters. The molecule has 0 amide bonds. The summed E-state index contributed by atoms with van der Waals surface area (Å²) in [4.78, 5) is 2.48. The number of hydrogen-bond acceptors (Lipinski definition) is 3. The van der Waals surface area contributed by atoms with Gasteiger partial charge in [0, 0.05) is 53.1 Å². The summed E-state index contributed by atoms with van der Waals surface area (Å²) in [6.45, 7) is 2.19. The van der Waals surface area contributed by atoms with Gasteiger partial charge in [-0.25, -0.2) is 0 Å². The Labute approximate surface area is 292 Å². The maximum absolute atomic E-state index is 6.89. The van der Waals surface area contributed by atoms with Gasteiger partial charge in [-0.15, -0.1) is 11.3 Å². The number of nitrogens with zero attached hydrogens (tertiary/aromatic N) is 1. The molecule has 11 rings (SSSR count). The van der Waals surface area contributed by atoms with Crippen molar-refractivity contribution in [3.8, 4) is 0 Å². The van der Waals surface area contributed by atoms with Gasteiger partial charge in [0.1, 0.15) is 11.2 Å². The first-order valence-electron chi connectivity index (χ1n) is 17.1. The highest BCUT2D eigenvalue weighted by molar-refractivity contribution is 7.25. The van der Waals surface area contributed by atoms with Crippen LogP contribution >= 0.6 is 11.3 Å². The highest BCUT2D eigenvalue weighted by atomic mass is 32.1. The summed E-state index contributed by atoms with van der Waals surface area (Å²) < 4.78 is 9.49. The molecule has 2 aromatic heterocycles. The Bertz CT molecular complexity index is 3180. The molecule has 234 valence electrons. The predicted octanol–water partition coefficient (Wildman–Crippen LogP) is 14.3. The fourth-order valence-corrected chi connectivity index (χ4v) is 9.38. The van der Waals surface area contributed by atoms with E-state index in [4.69, 9.17) is 4.42 Å². The molecule has 0 fully saturated rings. The van der Waals surface area contributed by atoms with Gasteiger partial charge in [-0.1, -0.05) is 109 Å². The molecule has 0 saturated heterocycles.